The van der Waals surface area contributed by atoms with E-state index in [9.17, 15) is 0 Å². The molecule has 9 heavy (non-hydrogen) atoms. The Balaban J connectivity index is 2.06. The van der Waals surface area contributed by atoms with Gasteiger partial charge < -0.3 is 10.1 Å². The third-order valence-electron chi connectivity index (χ3n) is 1.40. The topological polar surface area (TPSA) is 45.0 Å². The Bertz CT molecular complexity index is 113. The molecule has 1 heterocycles. The normalized spacial score (nSPS) is 25.9. The molecular formula is C6H10N2O. The van der Waals surface area contributed by atoms with Crippen LogP contribution >= 0.6 is 0 Å². The van der Waals surface area contributed by atoms with E-state index in [1.807, 2.05) is 6.07 Å². The molecule has 0 spiro atoms. The molecule has 3 nitrogen and oxygen atoms in total. The Morgan fingerprint density at radius 1 is 1.78 bits per heavy atom. The fraction of sp³-hybridized carbons (Fsp3) is 0.833. The van der Waals surface area contributed by atoms with E-state index < -0.39 is 0 Å². The van der Waals surface area contributed by atoms with Crippen molar-refractivity contribution in [2.75, 3.05) is 19.7 Å². The van der Waals surface area contributed by atoms with Crippen molar-refractivity contribution in [3.8, 4) is 6.07 Å². The fourth-order valence-corrected chi connectivity index (χ4v) is 0.926. The second kappa shape index (κ2) is 3.44. The Labute approximate surface area is 54.6 Å². The summed E-state index contributed by atoms with van der Waals surface area (Å²) in [6.45, 7) is 2.16. The van der Waals surface area contributed by atoms with Crippen molar-refractivity contribution in [2.45, 2.75) is 12.5 Å². The molecule has 1 atom stereocenters. The van der Waals surface area contributed by atoms with Gasteiger partial charge in [-0.1, -0.05) is 0 Å². The molecule has 0 aliphatic carbocycles. The molecule has 1 saturated heterocycles. The van der Waals surface area contributed by atoms with Gasteiger partial charge in [-0.2, -0.15) is 5.26 Å². The summed E-state index contributed by atoms with van der Waals surface area (Å²) >= 11 is 0. The van der Waals surface area contributed by atoms with Crippen molar-refractivity contribution in [3.63, 3.8) is 0 Å². The summed E-state index contributed by atoms with van der Waals surface area (Å²) in [5, 5.41) is 11.3. The van der Waals surface area contributed by atoms with Crippen LogP contribution in [-0.4, -0.2) is 25.8 Å². The SMILES string of the molecule is N#CCOC1CCNC1. The zero-order valence-electron chi connectivity index (χ0n) is 5.26. The molecule has 1 rings (SSSR count). The highest BCUT2D eigenvalue weighted by atomic mass is 16.5. The van der Waals surface area contributed by atoms with E-state index >= 15 is 0 Å². The minimum Gasteiger partial charge on any atom is -0.362 e. The lowest BCUT2D eigenvalue weighted by atomic mass is 10.3. The Morgan fingerprint density at radius 2 is 2.67 bits per heavy atom. The van der Waals surface area contributed by atoms with Crippen LogP contribution in [0.1, 0.15) is 6.42 Å². The highest BCUT2D eigenvalue weighted by Gasteiger charge is 2.13. The Kier molecular flexibility index (Phi) is 2.49. The average molecular weight is 126 g/mol. The monoisotopic (exact) mass is 126 g/mol. The van der Waals surface area contributed by atoms with Crippen LogP contribution in [0, 0.1) is 11.3 Å². The smallest absolute Gasteiger partial charge is 0.134 e. The van der Waals surface area contributed by atoms with Gasteiger partial charge in [0.15, 0.2) is 0 Å². The Hall–Kier alpha value is -0.590. The van der Waals surface area contributed by atoms with Crippen LogP contribution in [0.2, 0.25) is 0 Å². The van der Waals surface area contributed by atoms with Crippen LogP contribution in [0.3, 0.4) is 0 Å². The molecule has 0 aromatic heterocycles. The summed E-state index contributed by atoms with van der Waals surface area (Å²) in [4.78, 5) is 0. The second-order valence-electron chi connectivity index (χ2n) is 2.08. The molecule has 0 amide bonds. The highest BCUT2D eigenvalue weighted by Crippen LogP contribution is 2.01. The standard InChI is InChI=1S/C6H10N2O/c7-2-4-9-6-1-3-8-5-6/h6,8H,1,3-5H2. The number of hydrogen-bond acceptors (Lipinski definition) is 3. The fourth-order valence-electron chi connectivity index (χ4n) is 0.926. The zero-order chi connectivity index (χ0) is 6.53. The van der Waals surface area contributed by atoms with Gasteiger partial charge in [-0.05, 0) is 13.0 Å². The molecule has 1 unspecified atom stereocenters. The molecular weight excluding hydrogens is 116 g/mol. The molecule has 0 bridgehead atoms. The first-order valence-electron chi connectivity index (χ1n) is 3.13. The van der Waals surface area contributed by atoms with E-state index in [1.165, 1.54) is 0 Å². The van der Waals surface area contributed by atoms with E-state index in [2.05, 4.69) is 5.32 Å². The summed E-state index contributed by atoms with van der Waals surface area (Å²) in [5.41, 5.74) is 0. The Morgan fingerprint density at radius 3 is 3.22 bits per heavy atom. The first-order chi connectivity index (χ1) is 4.43. The van der Waals surface area contributed by atoms with Gasteiger partial charge in [0.2, 0.25) is 0 Å². The maximum Gasteiger partial charge on any atom is 0.134 e. The molecule has 0 radical (unpaired) electrons. The van der Waals surface area contributed by atoms with Crippen molar-refractivity contribution in [1.82, 2.24) is 5.32 Å². The summed E-state index contributed by atoms with van der Waals surface area (Å²) in [6, 6.07) is 1.94. The summed E-state index contributed by atoms with van der Waals surface area (Å²) in [6.07, 6.45) is 1.33. The number of nitriles is 1. The molecule has 1 N–H and O–H groups in total. The van der Waals surface area contributed by atoms with Crippen LogP contribution < -0.4 is 5.32 Å². The predicted octanol–water partition coefficient (Wildman–Crippen LogP) is -0.112. The lowest BCUT2D eigenvalue weighted by Crippen LogP contribution is -2.16. The van der Waals surface area contributed by atoms with Crippen molar-refractivity contribution in [2.24, 2.45) is 0 Å². The molecule has 3 heteroatoms. The number of nitrogens with one attached hydrogen (secondary N) is 1. The average Bonchev–Trinajstić information content (AvgIpc) is 2.34. The molecule has 0 saturated carbocycles. The lowest BCUT2D eigenvalue weighted by Gasteiger charge is -2.04. The third-order valence-corrected chi connectivity index (χ3v) is 1.40. The largest absolute Gasteiger partial charge is 0.362 e. The quantitative estimate of drug-likeness (QED) is 0.561. The van der Waals surface area contributed by atoms with Gasteiger partial charge in [-0.15, -0.1) is 0 Å². The van der Waals surface area contributed by atoms with Crippen molar-refractivity contribution in [1.29, 1.82) is 5.26 Å². The van der Waals surface area contributed by atoms with Crippen LogP contribution in [-0.2, 0) is 4.74 Å². The van der Waals surface area contributed by atoms with Crippen molar-refractivity contribution >= 4 is 0 Å². The van der Waals surface area contributed by atoms with Gasteiger partial charge in [0.1, 0.15) is 6.61 Å². The van der Waals surface area contributed by atoms with Gasteiger partial charge >= 0.3 is 0 Å². The van der Waals surface area contributed by atoms with Crippen molar-refractivity contribution in [3.05, 3.63) is 0 Å². The number of rotatable bonds is 2. The zero-order valence-corrected chi connectivity index (χ0v) is 5.26. The van der Waals surface area contributed by atoms with Gasteiger partial charge in [0.05, 0.1) is 12.2 Å². The molecule has 50 valence electrons. The van der Waals surface area contributed by atoms with Gasteiger partial charge in [0.25, 0.3) is 0 Å². The maximum absolute atomic E-state index is 8.13. The lowest BCUT2D eigenvalue weighted by molar-refractivity contribution is 0.0925. The number of nitrogens with zero attached hydrogens (tertiary/aromatic N) is 1. The highest BCUT2D eigenvalue weighted by molar-refractivity contribution is 4.74. The van der Waals surface area contributed by atoms with E-state index in [1.54, 1.807) is 0 Å². The van der Waals surface area contributed by atoms with Crippen LogP contribution in [0.25, 0.3) is 0 Å². The van der Waals surface area contributed by atoms with E-state index in [0.29, 0.717) is 0 Å². The van der Waals surface area contributed by atoms with Crippen molar-refractivity contribution < 1.29 is 4.74 Å². The van der Waals surface area contributed by atoms with Gasteiger partial charge in [-0.25, -0.2) is 0 Å². The van der Waals surface area contributed by atoms with Crippen LogP contribution in [0.15, 0.2) is 0 Å². The summed E-state index contributed by atoms with van der Waals surface area (Å²) < 4.78 is 5.13. The first-order valence-corrected chi connectivity index (χ1v) is 3.13. The number of hydrogen-bond donors (Lipinski definition) is 1. The minimum atomic E-state index is 0.229. The van der Waals surface area contributed by atoms with Gasteiger partial charge in [-0.3, -0.25) is 0 Å². The molecule has 1 aliphatic rings. The van der Waals surface area contributed by atoms with Gasteiger partial charge in [0, 0.05) is 6.54 Å². The third kappa shape index (κ3) is 2.00. The predicted molar refractivity (Wildman–Crippen MR) is 32.8 cm³/mol. The number of ether oxygens (including phenoxy) is 1. The molecule has 1 aliphatic heterocycles. The van der Waals surface area contributed by atoms with Crippen LogP contribution in [0.5, 0.6) is 0 Å². The van der Waals surface area contributed by atoms with E-state index in [0.717, 1.165) is 19.5 Å². The second-order valence-corrected chi connectivity index (χ2v) is 2.08. The van der Waals surface area contributed by atoms with E-state index in [-0.39, 0.29) is 12.7 Å². The molecule has 0 aromatic rings. The maximum atomic E-state index is 8.13. The first kappa shape index (κ1) is 6.53. The summed E-state index contributed by atoms with van der Waals surface area (Å²) in [5.74, 6) is 0. The van der Waals surface area contributed by atoms with E-state index in [4.69, 9.17) is 10.00 Å². The minimum absolute atomic E-state index is 0.229. The summed E-state index contributed by atoms with van der Waals surface area (Å²) in [7, 11) is 0. The van der Waals surface area contributed by atoms with Crippen LogP contribution in [0.4, 0.5) is 0 Å². The molecule has 0 aromatic carbocycles. The molecule has 1 fully saturated rings.